The maximum atomic E-state index is 13.8. The van der Waals surface area contributed by atoms with Gasteiger partial charge in [0.05, 0.1) is 18.3 Å². The molecule has 2 aromatic carbocycles. The average molecular weight is 589 g/mol. The van der Waals surface area contributed by atoms with Gasteiger partial charge in [0.2, 0.25) is 17.5 Å². The number of halogens is 5. The van der Waals surface area contributed by atoms with Gasteiger partial charge >= 0.3 is 11.8 Å². The van der Waals surface area contributed by atoms with E-state index in [-0.39, 0.29) is 24.7 Å². The minimum absolute atomic E-state index is 0.00925. The lowest BCUT2D eigenvalue weighted by molar-refractivity contribution is -0.137. The van der Waals surface area contributed by atoms with Gasteiger partial charge in [0.25, 0.3) is 0 Å². The van der Waals surface area contributed by atoms with E-state index < -0.39 is 77.5 Å². The number of nitrogens with one attached hydrogen (secondary N) is 3. The molecule has 2 rings (SSSR count). The van der Waals surface area contributed by atoms with Crippen molar-refractivity contribution in [3.8, 4) is 5.75 Å². The molecule has 0 aromatic heterocycles. The van der Waals surface area contributed by atoms with Gasteiger partial charge in [-0.05, 0) is 43.9 Å². The minimum Gasteiger partial charge on any atom is -0.479 e. The molecule has 5 N–H and O–H groups in total. The van der Waals surface area contributed by atoms with Crippen LogP contribution in [0.25, 0.3) is 0 Å². The van der Waals surface area contributed by atoms with E-state index >= 15 is 0 Å². The SMILES string of the molecule is CC(C)C.NCCCCC(NC(=O)CNC(=O)C(=O)Nc1ccccc1F)C(=O)COc1c(F)c(F)cc(F)c1F. The first kappa shape index (κ1) is 35.0. The van der Waals surface area contributed by atoms with Crippen molar-refractivity contribution in [1.29, 1.82) is 0 Å². The molecule has 3 amide bonds. The van der Waals surface area contributed by atoms with Gasteiger partial charge in [0, 0.05) is 6.07 Å². The molecule has 0 bridgehead atoms. The summed E-state index contributed by atoms with van der Waals surface area (Å²) in [6.45, 7) is 4.95. The summed E-state index contributed by atoms with van der Waals surface area (Å²) in [6, 6.07) is 3.74. The number of carbonyl (C=O) groups is 4. The van der Waals surface area contributed by atoms with E-state index in [4.69, 9.17) is 5.73 Å². The van der Waals surface area contributed by atoms with Crippen molar-refractivity contribution in [2.75, 3.05) is 25.0 Å². The minimum atomic E-state index is -1.84. The Bertz CT molecular complexity index is 1180. The molecule has 0 fully saturated rings. The number of Topliss-reactive ketones (excluding diaryl/α,β-unsaturated/α-hetero) is 1. The van der Waals surface area contributed by atoms with Gasteiger partial charge < -0.3 is 26.4 Å². The van der Waals surface area contributed by atoms with Crippen molar-refractivity contribution in [2.24, 2.45) is 11.7 Å². The van der Waals surface area contributed by atoms with Crippen LogP contribution in [-0.2, 0) is 19.2 Å². The largest absolute Gasteiger partial charge is 0.479 e. The Morgan fingerprint density at radius 2 is 1.46 bits per heavy atom. The molecule has 226 valence electrons. The number of carbonyl (C=O) groups excluding carboxylic acids is 4. The molecule has 1 unspecified atom stereocenters. The van der Waals surface area contributed by atoms with Gasteiger partial charge in [-0.25, -0.2) is 13.2 Å². The fourth-order valence-electron chi connectivity index (χ4n) is 2.96. The van der Waals surface area contributed by atoms with Gasteiger partial charge in [-0.2, -0.15) is 8.78 Å². The molecule has 0 aliphatic heterocycles. The van der Waals surface area contributed by atoms with Crippen molar-refractivity contribution in [3.63, 3.8) is 0 Å². The molecular formula is C27H33F5N4O5. The molecule has 0 aliphatic rings. The van der Waals surface area contributed by atoms with Crippen LogP contribution in [0.5, 0.6) is 5.75 Å². The highest BCUT2D eigenvalue weighted by molar-refractivity contribution is 6.39. The summed E-state index contributed by atoms with van der Waals surface area (Å²) in [4.78, 5) is 48.6. The van der Waals surface area contributed by atoms with E-state index in [1.165, 1.54) is 18.2 Å². The predicted octanol–water partition coefficient (Wildman–Crippen LogP) is 3.36. The van der Waals surface area contributed by atoms with E-state index in [1.807, 2.05) is 10.6 Å². The van der Waals surface area contributed by atoms with Gasteiger partial charge in [-0.1, -0.05) is 32.9 Å². The standard InChI is InChI=1S/C23H23F5N4O5.C4H10/c24-12-5-1-2-6-15(12)32-23(36)22(35)30-10-18(34)31-16(7-3-4-8-29)17(33)11-37-21-19(27)13(25)9-14(26)20(21)28;1-4(2)3/h1-2,5-6,9,16H,3-4,7-8,10-11,29H2,(H,30,35)(H,31,34)(H,32,36);4H,1-3H3. The zero-order valence-electron chi connectivity index (χ0n) is 22.8. The van der Waals surface area contributed by atoms with E-state index in [0.29, 0.717) is 12.8 Å². The number of amides is 3. The van der Waals surface area contributed by atoms with Crippen LogP contribution >= 0.6 is 0 Å². The number of benzene rings is 2. The Balaban J connectivity index is 0.00000196. The van der Waals surface area contributed by atoms with Crippen molar-refractivity contribution in [2.45, 2.75) is 46.1 Å². The topological polar surface area (TPSA) is 140 Å². The number of anilines is 1. The number of ketones is 1. The Labute approximate surface area is 234 Å². The van der Waals surface area contributed by atoms with Crippen molar-refractivity contribution < 1.29 is 45.9 Å². The fourth-order valence-corrected chi connectivity index (χ4v) is 2.96. The lowest BCUT2D eigenvalue weighted by Crippen LogP contribution is -2.48. The monoisotopic (exact) mass is 588 g/mol. The normalized spacial score (nSPS) is 11.2. The van der Waals surface area contributed by atoms with Crippen LogP contribution in [0.2, 0.25) is 0 Å². The predicted molar refractivity (Wildman–Crippen MR) is 140 cm³/mol. The van der Waals surface area contributed by atoms with Crippen molar-refractivity contribution >= 4 is 29.2 Å². The molecule has 0 spiro atoms. The maximum absolute atomic E-state index is 13.8. The lowest BCUT2D eigenvalue weighted by atomic mass is 10.1. The summed E-state index contributed by atoms with van der Waals surface area (Å²) in [7, 11) is 0. The van der Waals surface area contributed by atoms with Gasteiger partial charge in [0.15, 0.2) is 23.2 Å². The van der Waals surface area contributed by atoms with E-state index in [2.05, 4.69) is 30.8 Å². The zero-order valence-corrected chi connectivity index (χ0v) is 22.8. The van der Waals surface area contributed by atoms with Gasteiger partial charge in [-0.3, -0.25) is 19.2 Å². The molecule has 1 atom stereocenters. The number of hydrogen-bond donors (Lipinski definition) is 4. The summed E-state index contributed by atoms with van der Waals surface area (Å²) < 4.78 is 72.4. The molecule has 41 heavy (non-hydrogen) atoms. The Kier molecular flexibility index (Phi) is 15.0. The Hall–Kier alpha value is -4.07. The number of rotatable bonds is 12. The summed E-state index contributed by atoms with van der Waals surface area (Å²) in [5, 5.41) is 6.28. The van der Waals surface area contributed by atoms with Crippen molar-refractivity contribution in [1.82, 2.24) is 10.6 Å². The molecule has 9 nitrogen and oxygen atoms in total. The Morgan fingerprint density at radius 3 is 2.02 bits per heavy atom. The van der Waals surface area contributed by atoms with Crippen LogP contribution in [0.15, 0.2) is 30.3 Å². The van der Waals surface area contributed by atoms with E-state index in [9.17, 15) is 41.1 Å². The smallest absolute Gasteiger partial charge is 0.313 e. The Morgan fingerprint density at radius 1 is 0.878 bits per heavy atom. The average Bonchev–Trinajstić information content (AvgIpc) is 2.91. The van der Waals surface area contributed by atoms with Crippen LogP contribution in [0.4, 0.5) is 27.6 Å². The van der Waals surface area contributed by atoms with Crippen LogP contribution in [-0.4, -0.2) is 49.2 Å². The second-order valence-electron chi connectivity index (χ2n) is 9.31. The summed E-state index contributed by atoms with van der Waals surface area (Å²) in [6.07, 6.45) is 0.795. The molecule has 0 saturated heterocycles. The van der Waals surface area contributed by atoms with Crippen molar-refractivity contribution in [3.05, 3.63) is 59.4 Å². The van der Waals surface area contributed by atoms with Gasteiger partial charge in [-0.15, -0.1) is 0 Å². The molecule has 0 saturated carbocycles. The highest BCUT2D eigenvalue weighted by Gasteiger charge is 2.25. The molecule has 0 radical (unpaired) electrons. The first-order valence-corrected chi connectivity index (χ1v) is 12.6. The van der Waals surface area contributed by atoms with E-state index in [0.717, 1.165) is 12.0 Å². The van der Waals surface area contributed by atoms with E-state index in [1.54, 1.807) is 0 Å². The van der Waals surface area contributed by atoms with Gasteiger partial charge in [0.1, 0.15) is 12.4 Å². The molecule has 0 heterocycles. The molecule has 2 aromatic rings. The van der Waals surface area contributed by atoms with Crippen LogP contribution in [0.3, 0.4) is 0 Å². The first-order valence-electron chi connectivity index (χ1n) is 12.6. The molecule has 14 heteroatoms. The third-order valence-electron chi connectivity index (χ3n) is 4.84. The number of para-hydroxylation sites is 1. The zero-order chi connectivity index (χ0) is 31.1. The number of unbranched alkanes of at least 4 members (excludes halogenated alkanes) is 1. The highest BCUT2D eigenvalue weighted by atomic mass is 19.2. The third kappa shape index (κ3) is 12.3. The summed E-state index contributed by atoms with van der Waals surface area (Å²) in [5.74, 6) is -12.9. The third-order valence-corrected chi connectivity index (χ3v) is 4.84. The molecular weight excluding hydrogens is 555 g/mol. The quantitative estimate of drug-likeness (QED) is 0.130. The van der Waals surface area contributed by atoms with Crippen LogP contribution < -0.4 is 26.4 Å². The fraction of sp³-hybridized carbons (Fsp3) is 0.407. The maximum Gasteiger partial charge on any atom is 0.313 e. The summed E-state index contributed by atoms with van der Waals surface area (Å²) >= 11 is 0. The second-order valence-corrected chi connectivity index (χ2v) is 9.31. The second kappa shape index (κ2) is 17.6. The van der Waals surface area contributed by atoms with Crippen LogP contribution in [0, 0.1) is 35.0 Å². The number of hydrogen-bond acceptors (Lipinski definition) is 6. The first-order chi connectivity index (χ1) is 19.3. The lowest BCUT2D eigenvalue weighted by Gasteiger charge is -2.18. The summed E-state index contributed by atoms with van der Waals surface area (Å²) in [5.41, 5.74) is 5.14. The molecule has 0 aliphatic carbocycles. The number of ether oxygens (including phenoxy) is 1. The highest BCUT2D eigenvalue weighted by Crippen LogP contribution is 2.26. The number of nitrogens with two attached hydrogens (primary N) is 1. The van der Waals surface area contributed by atoms with Crippen LogP contribution in [0.1, 0.15) is 40.0 Å².